The van der Waals surface area contributed by atoms with Crippen LogP contribution in [-0.4, -0.2) is 29.0 Å². The molecule has 1 aromatic carbocycles. The molecule has 0 radical (unpaired) electrons. The fourth-order valence-corrected chi connectivity index (χ4v) is 6.98. The molecule has 4 aliphatic carbocycles. The van der Waals surface area contributed by atoms with Crippen molar-refractivity contribution in [2.45, 2.75) is 54.8 Å². The van der Waals surface area contributed by atoms with Gasteiger partial charge >= 0.3 is 0 Å². The second-order valence-corrected chi connectivity index (χ2v) is 10.1. The lowest BCUT2D eigenvalue weighted by molar-refractivity contribution is -0.155. The fraction of sp³-hybridized carbons (Fsp3) is 0.650. The van der Waals surface area contributed by atoms with Crippen molar-refractivity contribution in [3.63, 3.8) is 0 Å². The zero-order valence-electron chi connectivity index (χ0n) is 14.6. The smallest absolute Gasteiger partial charge is 0.228 e. The van der Waals surface area contributed by atoms with E-state index in [4.69, 9.17) is 11.6 Å². The number of halogens is 1. The van der Waals surface area contributed by atoms with Gasteiger partial charge in [0.1, 0.15) is 0 Å². The minimum Gasteiger partial charge on any atom is -0.341 e. The van der Waals surface area contributed by atoms with Crippen LogP contribution >= 0.6 is 23.4 Å². The van der Waals surface area contributed by atoms with Gasteiger partial charge in [-0.25, -0.2) is 0 Å². The number of benzene rings is 1. The monoisotopic (exact) mass is 363 g/mol. The first-order chi connectivity index (χ1) is 11.4. The summed E-state index contributed by atoms with van der Waals surface area (Å²) in [5.41, 5.74) is 1.02. The van der Waals surface area contributed by atoms with Crippen LogP contribution in [-0.2, 0) is 11.3 Å². The Morgan fingerprint density at radius 1 is 1.21 bits per heavy atom. The zero-order chi connectivity index (χ0) is 16.9. The first-order valence-corrected chi connectivity index (χ1v) is 10.6. The topological polar surface area (TPSA) is 20.3 Å². The van der Waals surface area contributed by atoms with Gasteiger partial charge in [-0.15, -0.1) is 23.4 Å². The Balaban J connectivity index is 1.50. The molecular formula is C20H26ClNOS. The number of carbonyl (C=O) groups excluding carboxylic acids is 1. The van der Waals surface area contributed by atoms with Crippen molar-refractivity contribution in [1.82, 2.24) is 4.90 Å². The van der Waals surface area contributed by atoms with Gasteiger partial charge in [-0.05, 0) is 74.3 Å². The van der Waals surface area contributed by atoms with Crippen LogP contribution in [0.1, 0.15) is 44.1 Å². The maximum atomic E-state index is 13.3. The summed E-state index contributed by atoms with van der Waals surface area (Å²) < 4.78 is 0. The number of alkyl halides is 1. The molecule has 4 aliphatic rings. The Kier molecular flexibility index (Phi) is 4.16. The van der Waals surface area contributed by atoms with Crippen LogP contribution in [0.3, 0.4) is 0 Å². The van der Waals surface area contributed by atoms with Gasteiger partial charge in [0.2, 0.25) is 5.91 Å². The van der Waals surface area contributed by atoms with E-state index in [0.717, 1.165) is 32.1 Å². The summed E-state index contributed by atoms with van der Waals surface area (Å²) in [5.74, 6) is 1.67. The number of hydrogen-bond donors (Lipinski definition) is 0. The minimum absolute atomic E-state index is 0.0966. The summed E-state index contributed by atoms with van der Waals surface area (Å²) in [6, 6.07) is 8.55. The van der Waals surface area contributed by atoms with E-state index >= 15 is 0 Å². The van der Waals surface area contributed by atoms with E-state index in [-0.39, 0.29) is 10.3 Å². The molecule has 0 aromatic heterocycles. The molecule has 1 aromatic rings. The molecule has 4 saturated carbocycles. The van der Waals surface area contributed by atoms with Crippen molar-refractivity contribution in [3.05, 3.63) is 29.8 Å². The summed E-state index contributed by atoms with van der Waals surface area (Å²) in [7, 11) is 1.96. The molecular weight excluding hydrogens is 338 g/mol. The lowest BCUT2D eigenvalue weighted by Gasteiger charge is -2.59. The van der Waals surface area contributed by atoms with Crippen LogP contribution in [0.25, 0.3) is 0 Å². The normalized spacial score (nSPS) is 36.8. The lowest BCUT2D eigenvalue weighted by Crippen LogP contribution is -2.58. The first kappa shape index (κ1) is 16.8. The highest BCUT2D eigenvalue weighted by molar-refractivity contribution is 7.98. The van der Waals surface area contributed by atoms with Crippen molar-refractivity contribution < 1.29 is 4.79 Å². The third kappa shape index (κ3) is 2.88. The van der Waals surface area contributed by atoms with Gasteiger partial charge in [0.25, 0.3) is 0 Å². The lowest BCUT2D eigenvalue weighted by atomic mass is 9.49. The van der Waals surface area contributed by atoms with Crippen molar-refractivity contribution in [2.24, 2.45) is 17.3 Å². The molecule has 2 nitrogen and oxygen atoms in total. The van der Waals surface area contributed by atoms with Gasteiger partial charge in [0.15, 0.2) is 0 Å². The highest BCUT2D eigenvalue weighted by Crippen LogP contribution is 2.64. The van der Waals surface area contributed by atoms with Crippen LogP contribution in [0.2, 0.25) is 0 Å². The Bertz CT molecular complexity index is 630. The van der Waals surface area contributed by atoms with E-state index in [1.54, 1.807) is 11.8 Å². The number of thioether (sulfide) groups is 1. The quantitative estimate of drug-likeness (QED) is 0.557. The van der Waals surface area contributed by atoms with Crippen LogP contribution in [0.4, 0.5) is 0 Å². The number of hydrogen-bond acceptors (Lipinski definition) is 2. The molecule has 2 atom stereocenters. The molecule has 4 heteroatoms. The van der Waals surface area contributed by atoms with E-state index in [1.807, 2.05) is 11.9 Å². The number of rotatable bonds is 4. The van der Waals surface area contributed by atoms with Gasteiger partial charge in [-0.1, -0.05) is 12.1 Å². The van der Waals surface area contributed by atoms with E-state index in [2.05, 4.69) is 30.5 Å². The molecule has 0 spiro atoms. The summed E-state index contributed by atoms with van der Waals surface area (Å²) in [6.45, 7) is 0.694. The maximum Gasteiger partial charge on any atom is 0.228 e. The molecule has 5 rings (SSSR count). The molecule has 4 bridgehead atoms. The van der Waals surface area contributed by atoms with E-state index in [9.17, 15) is 4.79 Å². The molecule has 0 saturated heterocycles. The molecule has 2 unspecified atom stereocenters. The third-order valence-corrected chi connectivity index (χ3v) is 7.55. The largest absolute Gasteiger partial charge is 0.341 e. The Hall–Kier alpha value is -0.670. The Morgan fingerprint density at radius 3 is 2.38 bits per heavy atom. The van der Waals surface area contributed by atoms with Crippen molar-refractivity contribution in [1.29, 1.82) is 0 Å². The Morgan fingerprint density at radius 2 is 1.83 bits per heavy atom. The molecule has 0 N–H and O–H groups in total. The highest BCUT2D eigenvalue weighted by Gasteiger charge is 2.60. The van der Waals surface area contributed by atoms with Gasteiger partial charge < -0.3 is 4.90 Å². The number of carbonyl (C=O) groups is 1. The van der Waals surface area contributed by atoms with E-state index in [0.29, 0.717) is 24.3 Å². The van der Waals surface area contributed by atoms with Crippen LogP contribution in [0, 0.1) is 17.3 Å². The summed E-state index contributed by atoms with van der Waals surface area (Å²) in [5, 5.41) is 0. The Labute approximate surface area is 154 Å². The zero-order valence-corrected chi connectivity index (χ0v) is 16.1. The summed E-state index contributed by atoms with van der Waals surface area (Å²) >= 11 is 8.64. The standard InChI is InChI=1S/C20H26ClNOS/c1-22(12-14-3-5-17(24-2)6-4-14)18(23)19-8-15-7-16(9-19)11-20(21,10-15)13-19/h3-6,15-16H,7-13H2,1-2H3. The highest BCUT2D eigenvalue weighted by atomic mass is 35.5. The number of amides is 1. The second kappa shape index (κ2) is 5.95. The summed E-state index contributed by atoms with van der Waals surface area (Å²) in [4.78, 5) is 16.4. The maximum absolute atomic E-state index is 13.3. The van der Waals surface area contributed by atoms with Gasteiger partial charge in [-0.3, -0.25) is 4.79 Å². The van der Waals surface area contributed by atoms with Crippen LogP contribution in [0.5, 0.6) is 0 Å². The van der Waals surface area contributed by atoms with Gasteiger partial charge in [0.05, 0.1) is 5.41 Å². The van der Waals surface area contributed by atoms with Crippen molar-refractivity contribution >= 4 is 29.3 Å². The summed E-state index contributed by atoms with van der Waals surface area (Å²) in [6.07, 6.45) is 8.64. The molecule has 4 fully saturated rings. The van der Waals surface area contributed by atoms with Crippen molar-refractivity contribution in [2.75, 3.05) is 13.3 Å². The molecule has 130 valence electrons. The molecule has 1 amide bonds. The fourth-order valence-electron chi connectivity index (χ4n) is 5.88. The minimum atomic E-state index is -0.181. The average molecular weight is 364 g/mol. The predicted octanol–water partition coefficient (Wildman–Crippen LogP) is 4.94. The average Bonchev–Trinajstić information content (AvgIpc) is 2.52. The van der Waals surface area contributed by atoms with Crippen LogP contribution in [0.15, 0.2) is 29.2 Å². The van der Waals surface area contributed by atoms with E-state index < -0.39 is 0 Å². The number of nitrogens with zero attached hydrogens (tertiary/aromatic N) is 1. The molecule has 0 heterocycles. The van der Waals surface area contributed by atoms with Gasteiger partial charge in [-0.2, -0.15) is 0 Å². The van der Waals surface area contributed by atoms with Crippen LogP contribution < -0.4 is 0 Å². The SMILES string of the molecule is CSc1ccc(CN(C)C(=O)C23CC4CC(CC(Cl)(C4)C2)C3)cc1. The second-order valence-electron chi connectivity index (χ2n) is 8.40. The molecule has 0 aliphatic heterocycles. The first-order valence-electron chi connectivity index (χ1n) is 8.99. The van der Waals surface area contributed by atoms with E-state index in [1.165, 1.54) is 16.9 Å². The third-order valence-electron chi connectivity index (χ3n) is 6.37. The molecule has 24 heavy (non-hydrogen) atoms. The van der Waals surface area contributed by atoms with Crippen molar-refractivity contribution in [3.8, 4) is 0 Å². The predicted molar refractivity (Wildman–Crippen MR) is 100 cm³/mol. The van der Waals surface area contributed by atoms with Gasteiger partial charge in [0, 0.05) is 23.4 Å².